The smallest absolute Gasteiger partial charge is 0.191 e. The Balaban J connectivity index is 0.00000625. The van der Waals surface area contributed by atoms with Crippen molar-refractivity contribution >= 4 is 29.9 Å². The molecular weight excluding hydrogens is 443 g/mol. The molecule has 0 aliphatic heterocycles. The van der Waals surface area contributed by atoms with Gasteiger partial charge in [-0.25, -0.2) is 0 Å². The fourth-order valence-corrected chi connectivity index (χ4v) is 2.34. The lowest BCUT2D eigenvalue weighted by atomic mass is 10.1. The standard InChI is InChI=1S/C19H34N4O2.HI/c1-7-23(6)13-12-21-19(20-5)22-15(4)16-10-11-17(24-8-2)18(14-16)25-9-3;/h10-11,14-15H,7-9,12-13H2,1-6H3,(H2,20,21,22);1H. The number of hydrogen-bond donors (Lipinski definition) is 2. The summed E-state index contributed by atoms with van der Waals surface area (Å²) >= 11 is 0. The van der Waals surface area contributed by atoms with E-state index >= 15 is 0 Å². The van der Waals surface area contributed by atoms with Crippen molar-refractivity contribution in [3.05, 3.63) is 23.8 Å². The molecule has 0 aliphatic carbocycles. The van der Waals surface area contributed by atoms with Crippen LogP contribution in [0.4, 0.5) is 0 Å². The van der Waals surface area contributed by atoms with E-state index in [-0.39, 0.29) is 30.0 Å². The van der Waals surface area contributed by atoms with Crippen molar-refractivity contribution in [1.82, 2.24) is 15.5 Å². The van der Waals surface area contributed by atoms with Gasteiger partial charge >= 0.3 is 0 Å². The molecule has 1 rings (SSSR count). The first-order valence-electron chi connectivity index (χ1n) is 9.10. The molecule has 0 bridgehead atoms. The van der Waals surface area contributed by atoms with Crippen LogP contribution in [0.15, 0.2) is 23.2 Å². The Kier molecular flexibility index (Phi) is 13.3. The van der Waals surface area contributed by atoms with Crippen LogP contribution in [0, 0.1) is 0 Å². The molecule has 1 atom stereocenters. The van der Waals surface area contributed by atoms with Crippen molar-refractivity contribution in [3.8, 4) is 11.5 Å². The average Bonchev–Trinajstić information content (AvgIpc) is 2.62. The van der Waals surface area contributed by atoms with E-state index < -0.39 is 0 Å². The van der Waals surface area contributed by atoms with E-state index in [0.717, 1.165) is 42.7 Å². The largest absolute Gasteiger partial charge is 0.490 e. The van der Waals surface area contributed by atoms with Crippen LogP contribution in [-0.4, -0.2) is 57.8 Å². The number of nitrogens with zero attached hydrogens (tertiary/aromatic N) is 2. The second-order valence-electron chi connectivity index (χ2n) is 5.83. The Hall–Kier alpha value is -1.22. The number of rotatable bonds is 10. The van der Waals surface area contributed by atoms with Gasteiger partial charge in [0.1, 0.15) is 0 Å². The van der Waals surface area contributed by atoms with Gasteiger partial charge in [0.05, 0.1) is 19.3 Å². The summed E-state index contributed by atoms with van der Waals surface area (Å²) in [5, 5.41) is 6.77. The minimum atomic E-state index is 0. The highest BCUT2D eigenvalue weighted by molar-refractivity contribution is 14.0. The van der Waals surface area contributed by atoms with Gasteiger partial charge in [-0.05, 0) is 52.1 Å². The minimum absolute atomic E-state index is 0. The van der Waals surface area contributed by atoms with Gasteiger partial charge in [0.25, 0.3) is 0 Å². The average molecular weight is 478 g/mol. The Morgan fingerprint density at radius 1 is 1.15 bits per heavy atom. The predicted molar refractivity (Wildman–Crippen MR) is 120 cm³/mol. The van der Waals surface area contributed by atoms with Gasteiger partial charge in [0, 0.05) is 20.1 Å². The van der Waals surface area contributed by atoms with E-state index in [1.165, 1.54) is 0 Å². The number of hydrogen-bond acceptors (Lipinski definition) is 4. The molecule has 7 heteroatoms. The highest BCUT2D eigenvalue weighted by atomic mass is 127. The SMILES string of the molecule is CCOc1ccc(C(C)NC(=NC)NCCN(C)CC)cc1OCC.I. The molecular formula is C19H35IN4O2. The van der Waals surface area contributed by atoms with Gasteiger partial charge in [-0.2, -0.15) is 0 Å². The second kappa shape index (κ2) is 13.9. The van der Waals surface area contributed by atoms with E-state index in [9.17, 15) is 0 Å². The summed E-state index contributed by atoms with van der Waals surface area (Å²) in [6.45, 7) is 12.3. The van der Waals surface area contributed by atoms with Gasteiger partial charge < -0.3 is 25.0 Å². The lowest BCUT2D eigenvalue weighted by Crippen LogP contribution is -2.41. The lowest BCUT2D eigenvalue weighted by molar-refractivity contribution is 0.287. The summed E-state index contributed by atoms with van der Waals surface area (Å²) in [6.07, 6.45) is 0. The lowest BCUT2D eigenvalue weighted by Gasteiger charge is -2.21. The number of guanidine groups is 1. The fourth-order valence-electron chi connectivity index (χ4n) is 2.34. The van der Waals surface area contributed by atoms with Gasteiger partial charge in [-0.1, -0.05) is 13.0 Å². The first kappa shape index (κ1) is 24.8. The molecule has 0 fully saturated rings. The molecule has 0 saturated carbocycles. The number of likely N-dealkylation sites (N-methyl/N-ethyl adjacent to an activating group) is 1. The monoisotopic (exact) mass is 478 g/mol. The summed E-state index contributed by atoms with van der Waals surface area (Å²) < 4.78 is 11.3. The minimum Gasteiger partial charge on any atom is -0.490 e. The predicted octanol–water partition coefficient (Wildman–Crippen LogP) is 3.28. The topological polar surface area (TPSA) is 58.1 Å². The van der Waals surface area contributed by atoms with Crippen molar-refractivity contribution in [2.45, 2.75) is 33.7 Å². The maximum absolute atomic E-state index is 5.71. The number of nitrogens with one attached hydrogen (secondary N) is 2. The molecule has 0 spiro atoms. The summed E-state index contributed by atoms with van der Waals surface area (Å²) in [5.74, 6) is 2.36. The Morgan fingerprint density at radius 2 is 1.81 bits per heavy atom. The van der Waals surface area contributed by atoms with Crippen molar-refractivity contribution in [3.63, 3.8) is 0 Å². The fraction of sp³-hybridized carbons (Fsp3) is 0.632. The normalized spacial score (nSPS) is 12.3. The molecule has 2 N–H and O–H groups in total. The van der Waals surface area contributed by atoms with Gasteiger partial charge in [0.2, 0.25) is 0 Å². The number of halogens is 1. The van der Waals surface area contributed by atoms with Gasteiger partial charge in [-0.3, -0.25) is 4.99 Å². The molecule has 0 saturated heterocycles. The number of ether oxygens (including phenoxy) is 2. The first-order valence-corrected chi connectivity index (χ1v) is 9.10. The summed E-state index contributed by atoms with van der Waals surface area (Å²) in [5.41, 5.74) is 1.13. The summed E-state index contributed by atoms with van der Waals surface area (Å²) in [4.78, 5) is 6.56. The van der Waals surface area contributed by atoms with Crippen LogP contribution in [0.2, 0.25) is 0 Å². The zero-order chi connectivity index (χ0) is 18.7. The summed E-state index contributed by atoms with van der Waals surface area (Å²) in [7, 11) is 3.89. The van der Waals surface area contributed by atoms with Crippen LogP contribution >= 0.6 is 24.0 Å². The van der Waals surface area contributed by atoms with Gasteiger partial charge in [-0.15, -0.1) is 24.0 Å². The Morgan fingerprint density at radius 3 is 2.38 bits per heavy atom. The maximum Gasteiger partial charge on any atom is 0.191 e. The van der Waals surface area contributed by atoms with Crippen LogP contribution < -0.4 is 20.1 Å². The van der Waals surface area contributed by atoms with Crippen molar-refractivity contribution < 1.29 is 9.47 Å². The van der Waals surface area contributed by atoms with Crippen LogP contribution in [0.1, 0.15) is 39.3 Å². The molecule has 0 aliphatic rings. The zero-order valence-electron chi connectivity index (χ0n) is 17.0. The Bertz CT molecular complexity index is 540. The Labute approximate surface area is 175 Å². The number of benzene rings is 1. The van der Waals surface area contributed by atoms with Crippen LogP contribution in [0.25, 0.3) is 0 Å². The third-order valence-corrected chi connectivity index (χ3v) is 3.97. The molecule has 26 heavy (non-hydrogen) atoms. The molecule has 1 aromatic rings. The van der Waals surface area contributed by atoms with E-state index in [0.29, 0.717) is 13.2 Å². The molecule has 6 nitrogen and oxygen atoms in total. The third kappa shape index (κ3) is 8.44. The second-order valence-corrected chi connectivity index (χ2v) is 5.83. The molecule has 0 aromatic heterocycles. The van der Waals surface area contributed by atoms with E-state index in [1.54, 1.807) is 7.05 Å². The van der Waals surface area contributed by atoms with Crippen LogP contribution in [0.5, 0.6) is 11.5 Å². The maximum atomic E-state index is 5.71. The van der Waals surface area contributed by atoms with E-state index in [1.807, 2.05) is 26.0 Å². The number of aliphatic imine (C=N–C) groups is 1. The van der Waals surface area contributed by atoms with Crippen LogP contribution in [0.3, 0.4) is 0 Å². The molecule has 0 amide bonds. The van der Waals surface area contributed by atoms with Crippen molar-refractivity contribution in [2.75, 3.05) is 46.9 Å². The third-order valence-electron chi connectivity index (χ3n) is 3.97. The summed E-state index contributed by atoms with van der Waals surface area (Å²) in [6, 6.07) is 6.16. The quantitative estimate of drug-likeness (QED) is 0.307. The van der Waals surface area contributed by atoms with Crippen molar-refractivity contribution in [2.24, 2.45) is 4.99 Å². The molecule has 1 aromatic carbocycles. The molecule has 1 unspecified atom stereocenters. The molecule has 0 heterocycles. The first-order chi connectivity index (χ1) is 12.0. The van der Waals surface area contributed by atoms with E-state index in [4.69, 9.17) is 9.47 Å². The van der Waals surface area contributed by atoms with E-state index in [2.05, 4.69) is 47.5 Å². The van der Waals surface area contributed by atoms with Crippen molar-refractivity contribution in [1.29, 1.82) is 0 Å². The van der Waals surface area contributed by atoms with Crippen LogP contribution in [-0.2, 0) is 0 Å². The molecule has 150 valence electrons. The zero-order valence-corrected chi connectivity index (χ0v) is 19.3. The highest BCUT2D eigenvalue weighted by Gasteiger charge is 2.12. The van der Waals surface area contributed by atoms with Gasteiger partial charge in [0.15, 0.2) is 17.5 Å². The molecule has 0 radical (unpaired) electrons. The highest BCUT2D eigenvalue weighted by Crippen LogP contribution is 2.30.